The van der Waals surface area contributed by atoms with Gasteiger partial charge in [0, 0.05) is 12.5 Å². The van der Waals surface area contributed by atoms with Crippen LogP contribution in [0.2, 0.25) is 0 Å². The molecule has 6 nitrogen and oxygen atoms in total. The van der Waals surface area contributed by atoms with E-state index in [4.69, 9.17) is 0 Å². The Morgan fingerprint density at radius 2 is 1.96 bits per heavy atom. The van der Waals surface area contributed by atoms with E-state index in [1.54, 1.807) is 5.51 Å². The molecule has 0 aliphatic heterocycles. The van der Waals surface area contributed by atoms with Crippen molar-refractivity contribution in [2.45, 2.75) is 19.8 Å². The van der Waals surface area contributed by atoms with E-state index in [1.165, 1.54) is 42.5 Å². The van der Waals surface area contributed by atoms with E-state index < -0.39 is 6.36 Å². The summed E-state index contributed by atoms with van der Waals surface area (Å²) < 4.78 is 40.6. The van der Waals surface area contributed by atoms with E-state index in [0.29, 0.717) is 27.4 Å². The van der Waals surface area contributed by atoms with Gasteiger partial charge in [0.15, 0.2) is 0 Å². The average molecular weight is 368 g/mol. The maximum atomic E-state index is 12.2. The summed E-state index contributed by atoms with van der Waals surface area (Å²) >= 11 is 1.31. The Balaban J connectivity index is 1.96. The third-order valence-electron chi connectivity index (χ3n) is 3.10. The highest BCUT2D eigenvalue weighted by molar-refractivity contribution is 7.16. The zero-order chi connectivity index (χ0) is 18.0. The third-order valence-corrected chi connectivity index (χ3v) is 3.82. The largest absolute Gasteiger partial charge is 0.573 e. The van der Waals surface area contributed by atoms with Gasteiger partial charge >= 0.3 is 6.36 Å². The molecule has 2 aromatic heterocycles. The van der Waals surface area contributed by atoms with Crippen LogP contribution in [0, 0.1) is 0 Å². The zero-order valence-corrected chi connectivity index (χ0v) is 13.6. The van der Waals surface area contributed by atoms with Gasteiger partial charge in [-0.1, -0.05) is 0 Å². The van der Waals surface area contributed by atoms with E-state index >= 15 is 0 Å². The van der Waals surface area contributed by atoms with Gasteiger partial charge in [-0.15, -0.1) is 24.5 Å². The lowest BCUT2D eigenvalue weighted by Gasteiger charge is -2.10. The number of benzene rings is 1. The Morgan fingerprint density at radius 3 is 2.60 bits per heavy atom. The summed E-state index contributed by atoms with van der Waals surface area (Å²) in [4.78, 5) is 24.6. The molecule has 0 fully saturated rings. The molecule has 0 aliphatic rings. The van der Waals surface area contributed by atoms with Gasteiger partial charge in [-0.3, -0.25) is 4.79 Å². The lowest BCUT2D eigenvalue weighted by Crippen LogP contribution is -2.20. The zero-order valence-electron chi connectivity index (χ0n) is 12.8. The second kappa shape index (κ2) is 6.63. The highest BCUT2D eigenvalue weighted by Gasteiger charge is 2.31. The number of nitrogens with one attached hydrogen (secondary N) is 1. The summed E-state index contributed by atoms with van der Waals surface area (Å²) in [5.41, 5.74) is 3.19. The first kappa shape index (κ1) is 17.1. The highest BCUT2D eigenvalue weighted by atomic mass is 32.1. The molecule has 25 heavy (non-hydrogen) atoms. The topological polar surface area (TPSA) is 77.0 Å². The fraction of sp³-hybridized carbons (Fsp3) is 0.200. The number of nitrogens with zero attached hydrogens (tertiary/aromatic N) is 3. The Bertz CT molecular complexity index is 909. The molecule has 3 aromatic rings. The molecule has 1 N–H and O–H groups in total. The molecule has 1 aromatic carbocycles. The van der Waals surface area contributed by atoms with Gasteiger partial charge < -0.3 is 10.1 Å². The Morgan fingerprint density at radius 1 is 1.24 bits per heavy atom. The number of amides is 1. The third kappa shape index (κ3) is 4.21. The molecular formula is C15H11F3N4O2S. The maximum absolute atomic E-state index is 12.2. The first-order valence-corrected chi connectivity index (χ1v) is 7.90. The van der Waals surface area contributed by atoms with Gasteiger partial charge in [-0.25, -0.2) is 15.0 Å². The summed E-state index contributed by atoms with van der Waals surface area (Å²) in [6, 6.07) is 5.34. The Labute approximate surface area is 143 Å². The van der Waals surface area contributed by atoms with Crippen LogP contribution >= 0.6 is 11.3 Å². The normalized spacial score (nSPS) is 11.5. The number of hydrogen-bond acceptors (Lipinski definition) is 6. The number of ether oxygens (including phenoxy) is 1. The minimum Gasteiger partial charge on any atom is -0.406 e. The van der Waals surface area contributed by atoms with Crippen molar-refractivity contribution in [1.82, 2.24) is 20.3 Å². The van der Waals surface area contributed by atoms with Gasteiger partial charge in [0.25, 0.3) is 0 Å². The van der Waals surface area contributed by atoms with Crippen LogP contribution < -0.4 is 10.1 Å². The van der Waals surface area contributed by atoms with Gasteiger partial charge in [0.1, 0.15) is 27.6 Å². The molecule has 0 saturated carbocycles. The van der Waals surface area contributed by atoms with Crippen LogP contribution in [0.5, 0.6) is 5.75 Å². The van der Waals surface area contributed by atoms with E-state index in [9.17, 15) is 18.0 Å². The molecule has 1 amide bonds. The Hall–Kier alpha value is -2.75. The van der Waals surface area contributed by atoms with Crippen molar-refractivity contribution in [2.24, 2.45) is 0 Å². The summed E-state index contributed by atoms with van der Waals surface area (Å²) in [5, 5.41) is 2.61. The number of hydrogen-bond donors (Lipinski definition) is 1. The number of fused-ring (bicyclic) bond motifs is 1. The van der Waals surface area contributed by atoms with Gasteiger partial charge in [-0.2, -0.15) is 0 Å². The summed E-state index contributed by atoms with van der Waals surface area (Å²) in [6.45, 7) is 1.52. The van der Waals surface area contributed by atoms with Crippen LogP contribution in [0.1, 0.15) is 12.7 Å². The second-order valence-electron chi connectivity index (χ2n) is 4.98. The van der Waals surface area contributed by atoms with E-state index in [-0.39, 0.29) is 18.2 Å². The van der Waals surface area contributed by atoms with Crippen LogP contribution in [0.15, 0.2) is 29.8 Å². The van der Waals surface area contributed by atoms with E-state index in [0.717, 1.165) is 0 Å². The summed E-state index contributed by atoms with van der Waals surface area (Å²) in [5.74, 6) is -0.154. The van der Waals surface area contributed by atoms with Crippen LogP contribution in [0.4, 0.5) is 13.2 Å². The molecule has 0 unspecified atom stereocenters. The first-order chi connectivity index (χ1) is 11.8. The molecule has 0 aliphatic carbocycles. The first-order valence-electron chi connectivity index (χ1n) is 7.02. The molecule has 0 radical (unpaired) electrons. The molecule has 0 bridgehead atoms. The van der Waals surface area contributed by atoms with Crippen molar-refractivity contribution in [1.29, 1.82) is 0 Å². The van der Waals surface area contributed by atoms with Crippen LogP contribution in [-0.4, -0.2) is 27.2 Å². The van der Waals surface area contributed by atoms with Crippen LogP contribution in [-0.2, 0) is 11.3 Å². The molecule has 0 spiro atoms. The van der Waals surface area contributed by atoms with Crippen LogP contribution in [0.3, 0.4) is 0 Å². The Kier molecular flexibility index (Phi) is 4.53. The van der Waals surface area contributed by atoms with Crippen molar-refractivity contribution in [3.63, 3.8) is 0 Å². The lowest BCUT2D eigenvalue weighted by atomic mass is 10.1. The predicted octanol–water partition coefficient (Wildman–Crippen LogP) is 3.29. The predicted molar refractivity (Wildman–Crippen MR) is 84.8 cm³/mol. The van der Waals surface area contributed by atoms with Gasteiger partial charge in [0.05, 0.1) is 12.1 Å². The van der Waals surface area contributed by atoms with Crippen molar-refractivity contribution in [3.05, 3.63) is 35.6 Å². The number of carbonyl (C=O) groups excluding carboxylic acids is 1. The van der Waals surface area contributed by atoms with E-state index in [2.05, 4.69) is 25.0 Å². The van der Waals surface area contributed by atoms with Crippen LogP contribution in [0.25, 0.3) is 21.6 Å². The number of halogens is 3. The molecule has 10 heteroatoms. The van der Waals surface area contributed by atoms with Gasteiger partial charge in [-0.05, 0) is 24.3 Å². The van der Waals surface area contributed by atoms with Crippen molar-refractivity contribution in [2.75, 3.05) is 0 Å². The van der Waals surface area contributed by atoms with Crippen molar-refractivity contribution >= 4 is 27.6 Å². The van der Waals surface area contributed by atoms with Gasteiger partial charge in [0.2, 0.25) is 5.91 Å². The smallest absolute Gasteiger partial charge is 0.406 e. The maximum Gasteiger partial charge on any atom is 0.573 e. The monoisotopic (exact) mass is 368 g/mol. The fourth-order valence-corrected chi connectivity index (χ4v) is 2.78. The second-order valence-corrected chi connectivity index (χ2v) is 5.81. The molecule has 2 heterocycles. The molecule has 3 rings (SSSR count). The van der Waals surface area contributed by atoms with Crippen molar-refractivity contribution < 1.29 is 22.7 Å². The fourth-order valence-electron chi connectivity index (χ4n) is 2.10. The standard InChI is InChI=1S/C15H11F3N4O2S/c1-8(23)19-6-11-21-12(13-14(22-11)25-7-20-13)9-2-4-10(5-3-9)24-15(16,17)18/h2-5,7H,6H2,1H3,(H,19,23). The number of alkyl halides is 3. The number of thiazole rings is 1. The number of aromatic nitrogens is 3. The SMILES string of the molecule is CC(=O)NCc1nc(-c2ccc(OC(F)(F)F)cc2)c2ncsc2n1. The lowest BCUT2D eigenvalue weighted by molar-refractivity contribution is -0.274. The minimum absolute atomic E-state index is 0.144. The molecule has 0 atom stereocenters. The minimum atomic E-state index is -4.75. The molecular weight excluding hydrogens is 357 g/mol. The summed E-state index contributed by atoms with van der Waals surface area (Å²) in [7, 11) is 0. The van der Waals surface area contributed by atoms with Crippen molar-refractivity contribution in [3.8, 4) is 17.0 Å². The average Bonchev–Trinajstić information content (AvgIpc) is 3.00. The highest BCUT2D eigenvalue weighted by Crippen LogP contribution is 2.30. The number of carbonyl (C=O) groups is 1. The molecule has 130 valence electrons. The quantitative estimate of drug-likeness (QED) is 0.765. The number of rotatable bonds is 4. The summed E-state index contributed by atoms with van der Waals surface area (Å²) in [6.07, 6.45) is -4.75. The molecule has 0 saturated heterocycles. The van der Waals surface area contributed by atoms with E-state index in [1.807, 2.05) is 0 Å².